The molecule has 1 aromatic rings. The smallest absolute Gasteiger partial charge is 0.0641 e. The van der Waals surface area contributed by atoms with Crippen LogP contribution in [0.25, 0.3) is 0 Å². The number of ether oxygens (including phenoxy) is 1. The number of hydrogen-bond acceptors (Lipinski definition) is 3. The summed E-state index contributed by atoms with van der Waals surface area (Å²) in [6, 6.07) is 2.90. The Bertz CT molecular complexity index is 381. The first-order valence-corrected chi connectivity index (χ1v) is 7.77. The highest BCUT2D eigenvalue weighted by Crippen LogP contribution is 2.12. The Hall–Kier alpha value is -0.870. The van der Waals surface area contributed by atoms with Crippen molar-refractivity contribution in [2.75, 3.05) is 13.2 Å². The van der Waals surface area contributed by atoms with Crippen molar-refractivity contribution >= 4 is 0 Å². The molecular weight excluding hydrogens is 250 g/mol. The Morgan fingerprint density at radius 3 is 2.60 bits per heavy atom. The minimum atomic E-state index is -0.0935. The summed E-state index contributed by atoms with van der Waals surface area (Å²) >= 11 is 0. The SMILES string of the molecule is CCNC(COC(C)(C)C)Cc1ccn(C(C)CC)n1. The number of hydrogen-bond donors (Lipinski definition) is 1. The van der Waals surface area contributed by atoms with Crippen molar-refractivity contribution in [1.82, 2.24) is 15.1 Å². The first kappa shape index (κ1) is 17.2. The van der Waals surface area contributed by atoms with Gasteiger partial charge in [-0.2, -0.15) is 5.10 Å². The lowest BCUT2D eigenvalue weighted by Crippen LogP contribution is -2.38. The van der Waals surface area contributed by atoms with Gasteiger partial charge in [-0.3, -0.25) is 4.68 Å². The minimum Gasteiger partial charge on any atom is -0.374 e. The lowest BCUT2D eigenvalue weighted by atomic mass is 10.1. The number of rotatable bonds is 8. The Balaban J connectivity index is 2.58. The summed E-state index contributed by atoms with van der Waals surface area (Å²) in [5, 5.41) is 8.15. The number of nitrogens with one attached hydrogen (secondary N) is 1. The fourth-order valence-electron chi connectivity index (χ4n) is 2.00. The molecule has 2 unspecified atom stereocenters. The van der Waals surface area contributed by atoms with Crippen LogP contribution in [-0.2, 0) is 11.2 Å². The zero-order valence-corrected chi connectivity index (χ0v) is 13.9. The van der Waals surface area contributed by atoms with E-state index in [2.05, 4.69) is 68.9 Å². The average molecular weight is 281 g/mol. The number of likely N-dealkylation sites (N-methyl/N-ethyl adjacent to an activating group) is 1. The van der Waals surface area contributed by atoms with E-state index in [4.69, 9.17) is 4.74 Å². The third kappa shape index (κ3) is 6.06. The van der Waals surface area contributed by atoms with Gasteiger partial charge in [0.25, 0.3) is 0 Å². The van der Waals surface area contributed by atoms with Gasteiger partial charge >= 0.3 is 0 Å². The molecule has 116 valence electrons. The van der Waals surface area contributed by atoms with Gasteiger partial charge in [0.1, 0.15) is 0 Å². The molecule has 0 aliphatic heterocycles. The summed E-state index contributed by atoms with van der Waals surface area (Å²) in [6.07, 6.45) is 4.09. The van der Waals surface area contributed by atoms with Gasteiger partial charge in [-0.1, -0.05) is 13.8 Å². The molecule has 1 rings (SSSR count). The van der Waals surface area contributed by atoms with Crippen LogP contribution < -0.4 is 5.32 Å². The number of nitrogens with zero attached hydrogens (tertiary/aromatic N) is 2. The molecule has 0 bridgehead atoms. The Kier molecular flexibility index (Phi) is 6.69. The maximum atomic E-state index is 5.89. The second kappa shape index (κ2) is 7.79. The van der Waals surface area contributed by atoms with Gasteiger partial charge in [0.15, 0.2) is 0 Å². The van der Waals surface area contributed by atoms with Crippen LogP contribution in [0.15, 0.2) is 12.3 Å². The highest BCUT2D eigenvalue weighted by atomic mass is 16.5. The standard InChI is InChI=1S/C16H31N3O/c1-7-13(3)19-10-9-14(18-19)11-15(17-8-2)12-20-16(4,5)6/h9-10,13,15,17H,7-8,11-12H2,1-6H3. The summed E-state index contributed by atoms with van der Waals surface area (Å²) in [6.45, 7) is 14.4. The van der Waals surface area contributed by atoms with E-state index in [0.717, 1.165) is 25.1 Å². The van der Waals surface area contributed by atoms with Crippen molar-refractivity contribution < 1.29 is 4.74 Å². The first-order chi connectivity index (χ1) is 9.35. The van der Waals surface area contributed by atoms with E-state index in [0.29, 0.717) is 18.7 Å². The van der Waals surface area contributed by atoms with Crippen LogP contribution in [0.3, 0.4) is 0 Å². The van der Waals surface area contributed by atoms with E-state index in [1.54, 1.807) is 0 Å². The fraction of sp³-hybridized carbons (Fsp3) is 0.812. The Morgan fingerprint density at radius 2 is 2.05 bits per heavy atom. The van der Waals surface area contributed by atoms with Crippen LogP contribution in [0.1, 0.15) is 59.7 Å². The maximum Gasteiger partial charge on any atom is 0.0641 e. The molecule has 0 fully saturated rings. The lowest BCUT2D eigenvalue weighted by molar-refractivity contribution is -0.0143. The van der Waals surface area contributed by atoms with Gasteiger partial charge in [-0.05, 0) is 46.7 Å². The van der Waals surface area contributed by atoms with Crippen molar-refractivity contribution in [3.63, 3.8) is 0 Å². The zero-order chi connectivity index (χ0) is 15.2. The monoisotopic (exact) mass is 281 g/mol. The van der Waals surface area contributed by atoms with Crippen LogP contribution in [0.2, 0.25) is 0 Å². The van der Waals surface area contributed by atoms with Crippen LogP contribution in [0.5, 0.6) is 0 Å². The molecule has 20 heavy (non-hydrogen) atoms. The molecule has 1 heterocycles. The van der Waals surface area contributed by atoms with Crippen molar-refractivity contribution in [2.45, 2.75) is 72.1 Å². The average Bonchev–Trinajstić information content (AvgIpc) is 2.83. The van der Waals surface area contributed by atoms with Gasteiger partial charge in [-0.15, -0.1) is 0 Å². The molecule has 2 atom stereocenters. The van der Waals surface area contributed by atoms with Gasteiger partial charge in [0, 0.05) is 24.7 Å². The van der Waals surface area contributed by atoms with Gasteiger partial charge in [0.2, 0.25) is 0 Å². The molecule has 4 nitrogen and oxygen atoms in total. The molecule has 0 aromatic carbocycles. The second-order valence-electron chi connectivity index (χ2n) is 6.43. The predicted molar refractivity (Wildman–Crippen MR) is 84.1 cm³/mol. The molecule has 0 amide bonds. The van der Waals surface area contributed by atoms with Crippen molar-refractivity contribution in [1.29, 1.82) is 0 Å². The van der Waals surface area contributed by atoms with Crippen LogP contribution in [0, 0.1) is 0 Å². The summed E-state index contributed by atoms with van der Waals surface area (Å²) in [5.41, 5.74) is 1.04. The van der Waals surface area contributed by atoms with Crippen molar-refractivity contribution in [2.24, 2.45) is 0 Å². The molecule has 4 heteroatoms. The molecule has 1 N–H and O–H groups in total. The Labute approximate surface area is 123 Å². The molecule has 0 saturated carbocycles. The van der Waals surface area contributed by atoms with E-state index in [1.807, 2.05) is 0 Å². The molecule has 1 aromatic heterocycles. The third-order valence-corrected chi connectivity index (χ3v) is 3.37. The second-order valence-corrected chi connectivity index (χ2v) is 6.43. The summed E-state index contributed by atoms with van der Waals surface area (Å²) in [7, 11) is 0. The maximum absolute atomic E-state index is 5.89. The largest absolute Gasteiger partial charge is 0.374 e. The zero-order valence-electron chi connectivity index (χ0n) is 13.9. The van der Waals surface area contributed by atoms with E-state index in [9.17, 15) is 0 Å². The highest BCUT2D eigenvalue weighted by Gasteiger charge is 2.16. The molecule has 0 aliphatic rings. The summed E-state index contributed by atoms with van der Waals surface area (Å²) in [4.78, 5) is 0. The normalized spacial score (nSPS) is 15.3. The lowest BCUT2D eigenvalue weighted by Gasteiger charge is -2.24. The van der Waals surface area contributed by atoms with Gasteiger partial charge in [0.05, 0.1) is 17.9 Å². The quantitative estimate of drug-likeness (QED) is 0.795. The molecule has 0 radical (unpaired) electrons. The topological polar surface area (TPSA) is 39.1 Å². The van der Waals surface area contributed by atoms with E-state index < -0.39 is 0 Å². The summed E-state index contributed by atoms with van der Waals surface area (Å²) in [5.74, 6) is 0. The molecule has 0 saturated heterocycles. The van der Waals surface area contributed by atoms with E-state index in [-0.39, 0.29) is 5.60 Å². The van der Waals surface area contributed by atoms with Gasteiger partial charge in [-0.25, -0.2) is 0 Å². The van der Waals surface area contributed by atoms with Crippen LogP contribution in [0.4, 0.5) is 0 Å². The van der Waals surface area contributed by atoms with Crippen molar-refractivity contribution in [3.05, 3.63) is 18.0 Å². The molecule has 0 spiro atoms. The van der Waals surface area contributed by atoms with Gasteiger partial charge < -0.3 is 10.1 Å². The molecule has 0 aliphatic carbocycles. The number of aromatic nitrogens is 2. The van der Waals surface area contributed by atoms with E-state index >= 15 is 0 Å². The van der Waals surface area contributed by atoms with E-state index in [1.165, 1.54) is 0 Å². The predicted octanol–water partition coefficient (Wildman–Crippen LogP) is 3.19. The first-order valence-electron chi connectivity index (χ1n) is 7.77. The third-order valence-electron chi connectivity index (χ3n) is 3.37. The van der Waals surface area contributed by atoms with Crippen LogP contribution in [-0.4, -0.2) is 34.6 Å². The molecular formula is C16H31N3O. The van der Waals surface area contributed by atoms with Crippen LogP contribution >= 0.6 is 0 Å². The Morgan fingerprint density at radius 1 is 1.35 bits per heavy atom. The highest BCUT2D eigenvalue weighted by molar-refractivity contribution is 5.02. The summed E-state index contributed by atoms with van der Waals surface area (Å²) < 4.78 is 7.95. The fourth-order valence-corrected chi connectivity index (χ4v) is 2.00. The minimum absolute atomic E-state index is 0.0935. The van der Waals surface area contributed by atoms with Crippen molar-refractivity contribution in [3.8, 4) is 0 Å².